The van der Waals surface area contributed by atoms with Gasteiger partial charge in [-0.3, -0.25) is 9.69 Å². The molecular formula is C13H28N2O2. The van der Waals surface area contributed by atoms with Gasteiger partial charge in [0.15, 0.2) is 0 Å². The van der Waals surface area contributed by atoms with Crippen LogP contribution in [0.5, 0.6) is 0 Å². The van der Waals surface area contributed by atoms with Crippen molar-refractivity contribution < 1.29 is 9.53 Å². The predicted molar refractivity (Wildman–Crippen MR) is 71.1 cm³/mol. The van der Waals surface area contributed by atoms with Crippen LogP contribution in [-0.2, 0) is 9.53 Å². The highest BCUT2D eigenvalue weighted by Gasteiger charge is 2.11. The summed E-state index contributed by atoms with van der Waals surface area (Å²) in [6, 6.07) is 1.15. The Morgan fingerprint density at radius 2 is 1.76 bits per heavy atom. The van der Waals surface area contributed by atoms with Crippen LogP contribution in [0, 0.1) is 0 Å². The van der Waals surface area contributed by atoms with Gasteiger partial charge in [0, 0.05) is 31.6 Å². The second-order valence-corrected chi connectivity index (χ2v) is 4.86. The minimum absolute atomic E-state index is 0.127. The summed E-state index contributed by atoms with van der Waals surface area (Å²) in [5.41, 5.74) is 0. The van der Waals surface area contributed by atoms with Crippen molar-refractivity contribution in [2.24, 2.45) is 0 Å². The monoisotopic (exact) mass is 244 g/mol. The second-order valence-electron chi connectivity index (χ2n) is 4.86. The maximum absolute atomic E-state index is 10.9. The van der Waals surface area contributed by atoms with Gasteiger partial charge < -0.3 is 10.1 Å². The molecule has 0 atom stereocenters. The Hall–Kier alpha value is -0.610. The average molecular weight is 244 g/mol. The minimum atomic E-state index is -0.127. The lowest BCUT2D eigenvalue weighted by Gasteiger charge is -2.30. The maximum Gasteiger partial charge on any atom is 0.305 e. The average Bonchev–Trinajstić information content (AvgIpc) is 2.26. The van der Waals surface area contributed by atoms with Gasteiger partial charge in [-0.05, 0) is 40.7 Å². The number of hydrogen-bond acceptors (Lipinski definition) is 4. The van der Waals surface area contributed by atoms with Crippen LogP contribution in [0.15, 0.2) is 0 Å². The third-order valence-electron chi connectivity index (χ3n) is 2.84. The summed E-state index contributed by atoms with van der Waals surface area (Å²) in [5.74, 6) is -0.127. The summed E-state index contributed by atoms with van der Waals surface area (Å²) >= 11 is 0. The number of esters is 1. The van der Waals surface area contributed by atoms with Crippen molar-refractivity contribution in [2.75, 3.05) is 26.7 Å². The highest BCUT2D eigenvalue weighted by atomic mass is 16.5. The summed E-state index contributed by atoms with van der Waals surface area (Å²) in [6.45, 7) is 11.8. The molecule has 4 nitrogen and oxygen atoms in total. The lowest BCUT2D eigenvalue weighted by Crippen LogP contribution is -2.41. The van der Waals surface area contributed by atoms with Crippen molar-refractivity contribution in [3.8, 4) is 0 Å². The zero-order chi connectivity index (χ0) is 13.3. The van der Waals surface area contributed by atoms with E-state index in [1.54, 1.807) is 0 Å². The fourth-order valence-corrected chi connectivity index (χ4v) is 1.91. The standard InChI is InChI=1S/C13H28N2O2/c1-11(2)15(12(3)4)10-9-14-8-6-7-13(16)17-5/h11-12,14H,6-10H2,1-5H3. The molecule has 102 valence electrons. The van der Waals surface area contributed by atoms with Crippen LogP contribution in [0.2, 0.25) is 0 Å². The van der Waals surface area contributed by atoms with E-state index in [1.165, 1.54) is 7.11 Å². The van der Waals surface area contributed by atoms with Crippen LogP contribution in [0.25, 0.3) is 0 Å². The van der Waals surface area contributed by atoms with E-state index in [1.807, 2.05) is 0 Å². The number of rotatable bonds is 9. The first-order valence-electron chi connectivity index (χ1n) is 6.52. The number of nitrogens with one attached hydrogen (secondary N) is 1. The zero-order valence-corrected chi connectivity index (χ0v) is 12.0. The summed E-state index contributed by atoms with van der Waals surface area (Å²) in [7, 11) is 1.43. The normalized spacial score (nSPS) is 11.5. The van der Waals surface area contributed by atoms with E-state index in [0.717, 1.165) is 26.1 Å². The third kappa shape index (κ3) is 8.16. The van der Waals surface area contributed by atoms with E-state index in [0.29, 0.717) is 18.5 Å². The van der Waals surface area contributed by atoms with E-state index in [-0.39, 0.29) is 5.97 Å². The highest BCUT2D eigenvalue weighted by molar-refractivity contribution is 5.68. The molecule has 0 radical (unpaired) electrons. The first-order chi connectivity index (χ1) is 7.99. The van der Waals surface area contributed by atoms with Gasteiger partial charge in [-0.1, -0.05) is 0 Å². The van der Waals surface area contributed by atoms with Gasteiger partial charge in [0.2, 0.25) is 0 Å². The highest BCUT2D eigenvalue weighted by Crippen LogP contribution is 2.03. The number of carbonyl (C=O) groups excluding carboxylic acids is 1. The van der Waals surface area contributed by atoms with Crippen molar-refractivity contribution in [1.82, 2.24) is 10.2 Å². The van der Waals surface area contributed by atoms with Crippen LogP contribution in [0.3, 0.4) is 0 Å². The van der Waals surface area contributed by atoms with Crippen molar-refractivity contribution in [3.05, 3.63) is 0 Å². The molecule has 0 rings (SSSR count). The molecular weight excluding hydrogens is 216 g/mol. The molecule has 0 aliphatic rings. The summed E-state index contributed by atoms with van der Waals surface area (Å²) in [4.78, 5) is 13.3. The van der Waals surface area contributed by atoms with E-state index in [2.05, 4.69) is 42.6 Å². The lowest BCUT2D eigenvalue weighted by atomic mass is 10.2. The Kier molecular flexibility index (Phi) is 9.09. The fraction of sp³-hybridized carbons (Fsp3) is 0.923. The summed E-state index contributed by atoms with van der Waals surface area (Å²) < 4.78 is 4.58. The first kappa shape index (κ1) is 16.4. The molecule has 0 fully saturated rings. The lowest BCUT2D eigenvalue weighted by molar-refractivity contribution is -0.140. The van der Waals surface area contributed by atoms with Crippen molar-refractivity contribution in [2.45, 2.75) is 52.6 Å². The van der Waals surface area contributed by atoms with Gasteiger partial charge in [0.25, 0.3) is 0 Å². The quantitative estimate of drug-likeness (QED) is 0.494. The maximum atomic E-state index is 10.9. The summed E-state index contributed by atoms with van der Waals surface area (Å²) in [5, 5.41) is 3.36. The van der Waals surface area contributed by atoms with E-state index < -0.39 is 0 Å². The fourth-order valence-electron chi connectivity index (χ4n) is 1.91. The van der Waals surface area contributed by atoms with Crippen LogP contribution < -0.4 is 5.32 Å². The molecule has 0 amide bonds. The number of carbonyl (C=O) groups is 1. The Labute approximate surface area is 106 Å². The molecule has 1 N–H and O–H groups in total. The molecule has 0 aromatic carbocycles. The molecule has 0 saturated carbocycles. The minimum Gasteiger partial charge on any atom is -0.469 e. The first-order valence-corrected chi connectivity index (χ1v) is 6.52. The van der Waals surface area contributed by atoms with Crippen LogP contribution in [0.4, 0.5) is 0 Å². The smallest absolute Gasteiger partial charge is 0.305 e. The number of methoxy groups -OCH3 is 1. The molecule has 0 saturated heterocycles. The molecule has 0 spiro atoms. The Morgan fingerprint density at radius 1 is 1.18 bits per heavy atom. The zero-order valence-electron chi connectivity index (χ0n) is 12.0. The Bertz CT molecular complexity index is 198. The third-order valence-corrected chi connectivity index (χ3v) is 2.84. The van der Waals surface area contributed by atoms with Crippen LogP contribution >= 0.6 is 0 Å². The van der Waals surface area contributed by atoms with Crippen LogP contribution in [0.1, 0.15) is 40.5 Å². The van der Waals surface area contributed by atoms with Gasteiger partial charge in [0.05, 0.1) is 7.11 Å². The molecule has 0 aromatic heterocycles. The van der Waals surface area contributed by atoms with Gasteiger partial charge in [0.1, 0.15) is 0 Å². The molecule has 0 heterocycles. The summed E-state index contributed by atoms with van der Waals surface area (Å²) in [6.07, 6.45) is 1.34. The van der Waals surface area contributed by atoms with Crippen molar-refractivity contribution in [1.29, 1.82) is 0 Å². The number of nitrogens with zero attached hydrogens (tertiary/aromatic N) is 1. The van der Waals surface area contributed by atoms with E-state index >= 15 is 0 Å². The molecule has 0 aromatic rings. The van der Waals surface area contributed by atoms with Gasteiger partial charge in [-0.25, -0.2) is 0 Å². The van der Waals surface area contributed by atoms with Gasteiger partial charge in [-0.15, -0.1) is 0 Å². The van der Waals surface area contributed by atoms with E-state index in [9.17, 15) is 4.79 Å². The molecule has 0 unspecified atom stereocenters. The van der Waals surface area contributed by atoms with Gasteiger partial charge in [-0.2, -0.15) is 0 Å². The largest absolute Gasteiger partial charge is 0.469 e. The molecule has 0 aliphatic carbocycles. The van der Waals surface area contributed by atoms with Crippen molar-refractivity contribution in [3.63, 3.8) is 0 Å². The number of ether oxygens (including phenoxy) is 1. The molecule has 0 bridgehead atoms. The topological polar surface area (TPSA) is 41.6 Å². The second kappa shape index (κ2) is 9.42. The van der Waals surface area contributed by atoms with Gasteiger partial charge >= 0.3 is 5.97 Å². The van der Waals surface area contributed by atoms with Crippen molar-refractivity contribution >= 4 is 5.97 Å². The SMILES string of the molecule is COC(=O)CCCNCCN(C(C)C)C(C)C. The molecule has 17 heavy (non-hydrogen) atoms. The van der Waals surface area contributed by atoms with E-state index in [4.69, 9.17) is 0 Å². The molecule has 4 heteroatoms. The predicted octanol–water partition coefficient (Wildman–Crippen LogP) is 1.65. The molecule has 0 aliphatic heterocycles. The Balaban J connectivity index is 3.52. The number of hydrogen-bond donors (Lipinski definition) is 1. The Morgan fingerprint density at radius 3 is 2.24 bits per heavy atom. The van der Waals surface area contributed by atoms with Crippen LogP contribution in [-0.4, -0.2) is 49.7 Å².